The quantitative estimate of drug-likeness (QED) is 0.101. The summed E-state index contributed by atoms with van der Waals surface area (Å²) in [5, 5.41) is 29.0. The molecule has 0 aliphatic rings. The minimum absolute atomic E-state index is 0.0377. The van der Waals surface area contributed by atoms with E-state index in [1.807, 2.05) is 0 Å². The molecule has 184 valence electrons. The van der Waals surface area contributed by atoms with Crippen molar-refractivity contribution in [2.45, 2.75) is 129 Å². The summed E-state index contributed by atoms with van der Waals surface area (Å²) in [5.74, 6) is -0.308. The van der Waals surface area contributed by atoms with Gasteiger partial charge in [-0.3, -0.25) is 9.69 Å². The molecule has 6 nitrogen and oxygen atoms in total. The summed E-state index contributed by atoms with van der Waals surface area (Å²) in [6.07, 6.45) is 18.1. The Morgan fingerprint density at radius 3 is 1.81 bits per heavy atom. The van der Waals surface area contributed by atoms with Crippen LogP contribution in [0.1, 0.15) is 111 Å². The molecule has 0 heterocycles. The maximum Gasteiger partial charge on any atom is 0.305 e. The molecule has 3 unspecified atom stereocenters. The number of carbonyl (C=O) groups excluding carboxylic acids is 1. The van der Waals surface area contributed by atoms with Crippen molar-refractivity contribution >= 4 is 5.97 Å². The molecule has 0 saturated carbocycles. The average Bonchev–Trinajstić information content (AvgIpc) is 2.72. The minimum atomic E-state index is -0.942. The number of esters is 1. The van der Waals surface area contributed by atoms with Crippen LogP contribution in [0, 0.1) is 0 Å². The molecular weight excluding hydrogens is 394 g/mol. The Balaban J connectivity index is 3.53. The first kappa shape index (κ1) is 30.0. The number of rotatable bonds is 21. The van der Waals surface area contributed by atoms with Crippen LogP contribution in [-0.2, 0) is 9.53 Å². The van der Waals surface area contributed by atoms with Crippen molar-refractivity contribution < 1.29 is 24.9 Å². The monoisotopic (exact) mass is 443 g/mol. The third kappa shape index (κ3) is 19.5. The fourth-order valence-corrected chi connectivity index (χ4v) is 3.51. The Morgan fingerprint density at radius 2 is 1.29 bits per heavy atom. The average molecular weight is 444 g/mol. The van der Waals surface area contributed by atoms with E-state index in [1.54, 1.807) is 0 Å². The van der Waals surface area contributed by atoms with Gasteiger partial charge in [-0.2, -0.15) is 0 Å². The molecular formula is C25H49NO5. The second-order valence-electron chi connectivity index (χ2n) is 8.63. The molecule has 0 aliphatic carbocycles. The highest BCUT2D eigenvalue weighted by atomic mass is 16.5. The van der Waals surface area contributed by atoms with Gasteiger partial charge in [0, 0.05) is 13.0 Å². The van der Waals surface area contributed by atoms with E-state index in [0.29, 0.717) is 6.42 Å². The zero-order valence-corrected chi connectivity index (χ0v) is 20.3. The van der Waals surface area contributed by atoms with Crippen molar-refractivity contribution in [2.24, 2.45) is 0 Å². The van der Waals surface area contributed by atoms with Gasteiger partial charge in [0.25, 0.3) is 0 Å². The van der Waals surface area contributed by atoms with Crippen LogP contribution >= 0.6 is 0 Å². The highest BCUT2D eigenvalue weighted by Crippen LogP contribution is 2.10. The highest BCUT2D eigenvalue weighted by Gasteiger charge is 2.20. The molecule has 0 spiro atoms. The predicted molar refractivity (Wildman–Crippen MR) is 126 cm³/mol. The summed E-state index contributed by atoms with van der Waals surface area (Å²) in [4.78, 5) is 13.1. The van der Waals surface area contributed by atoms with E-state index < -0.39 is 18.6 Å². The Kier molecular flexibility index (Phi) is 20.3. The summed E-state index contributed by atoms with van der Waals surface area (Å²) < 4.78 is 5.10. The fraction of sp³-hybridized carbons (Fsp3) is 0.880. The van der Waals surface area contributed by atoms with Gasteiger partial charge in [0.2, 0.25) is 0 Å². The maximum atomic E-state index is 11.8. The molecule has 0 aliphatic heterocycles. The number of carbonyl (C=O) groups is 1. The lowest BCUT2D eigenvalue weighted by atomic mass is 10.1. The lowest BCUT2D eigenvalue weighted by Gasteiger charge is -2.29. The SMILES string of the molecule is CCCCCCCCC=CCCCCCCCC(=O)OCC(O)CN(C(C)O)C(C)O. The number of ether oxygens (including phenoxy) is 1. The van der Waals surface area contributed by atoms with Crippen LogP contribution in [0.5, 0.6) is 0 Å². The van der Waals surface area contributed by atoms with E-state index >= 15 is 0 Å². The summed E-state index contributed by atoms with van der Waals surface area (Å²) >= 11 is 0. The molecule has 0 radical (unpaired) electrons. The molecule has 0 amide bonds. The van der Waals surface area contributed by atoms with Gasteiger partial charge in [-0.05, 0) is 46.0 Å². The standard InChI is InChI=1S/C25H49NO5/c1-4-5-6-7-8-9-10-11-12-13-14-15-16-17-18-19-25(30)31-21-24(29)20-26(22(2)27)23(3)28/h11-12,22-24,27-29H,4-10,13-21H2,1-3H3. The van der Waals surface area contributed by atoms with Crippen LogP contribution in [0.4, 0.5) is 0 Å². The Hall–Kier alpha value is -0.950. The van der Waals surface area contributed by atoms with Crippen LogP contribution in [0.15, 0.2) is 12.2 Å². The lowest BCUT2D eigenvalue weighted by molar-refractivity contribution is -0.149. The van der Waals surface area contributed by atoms with Gasteiger partial charge < -0.3 is 20.1 Å². The number of hydrogen-bond acceptors (Lipinski definition) is 6. The van der Waals surface area contributed by atoms with E-state index in [1.165, 1.54) is 76.5 Å². The molecule has 3 N–H and O–H groups in total. The zero-order valence-electron chi connectivity index (χ0n) is 20.3. The fourth-order valence-electron chi connectivity index (χ4n) is 3.51. The molecule has 0 aromatic heterocycles. The van der Waals surface area contributed by atoms with Crippen molar-refractivity contribution in [1.82, 2.24) is 4.90 Å². The van der Waals surface area contributed by atoms with Crippen molar-refractivity contribution in [1.29, 1.82) is 0 Å². The van der Waals surface area contributed by atoms with Gasteiger partial charge in [0.1, 0.15) is 25.2 Å². The van der Waals surface area contributed by atoms with Gasteiger partial charge in [-0.25, -0.2) is 0 Å². The first-order valence-corrected chi connectivity index (χ1v) is 12.5. The van der Waals surface area contributed by atoms with Crippen molar-refractivity contribution in [2.75, 3.05) is 13.2 Å². The van der Waals surface area contributed by atoms with E-state index in [9.17, 15) is 20.1 Å². The maximum absolute atomic E-state index is 11.8. The number of nitrogens with zero attached hydrogens (tertiary/aromatic N) is 1. The van der Waals surface area contributed by atoms with E-state index in [2.05, 4.69) is 19.1 Å². The van der Waals surface area contributed by atoms with Crippen LogP contribution in [0.25, 0.3) is 0 Å². The molecule has 0 fully saturated rings. The number of aliphatic hydroxyl groups is 3. The normalized spacial score (nSPS) is 14.8. The molecule has 31 heavy (non-hydrogen) atoms. The highest BCUT2D eigenvalue weighted by molar-refractivity contribution is 5.69. The zero-order chi connectivity index (χ0) is 23.3. The number of allylic oxidation sites excluding steroid dienone is 2. The second kappa shape index (κ2) is 20.9. The van der Waals surface area contributed by atoms with Crippen LogP contribution in [0.2, 0.25) is 0 Å². The van der Waals surface area contributed by atoms with Gasteiger partial charge in [0.05, 0.1) is 0 Å². The van der Waals surface area contributed by atoms with E-state index in [-0.39, 0.29) is 19.1 Å². The Morgan fingerprint density at radius 1 is 0.806 bits per heavy atom. The third-order valence-electron chi connectivity index (χ3n) is 5.46. The van der Waals surface area contributed by atoms with Gasteiger partial charge >= 0.3 is 5.97 Å². The molecule has 0 rings (SSSR count). The molecule has 6 heteroatoms. The summed E-state index contributed by atoms with van der Waals surface area (Å²) in [5.41, 5.74) is 0. The number of unbranched alkanes of at least 4 members (excludes halogenated alkanes) is 11. The van der Waals surface area contributed by atoms with Crippen molar-refractivity contribution in [3.8, 4) is 0 Å². The number of aliphatic hydroxyl groups excluding tert-OH is 3. The van der Waals surface area contributed by atoms with E-state index in [4.69, 9.17) is 4.74 Å². The Bertz CT molecular complexity index is 432. The topological polar surface area (TPSA) is 90.2 Å². The molecule has 0 aromatic carbocycles. The molecule has 3 atom stereocenters. The molecule has 0 saturated heterocycles. The number of hydrogen-bond donors (Lipinski definition) is 3. The summed E-state index contributed by atoms with van der Waals surface area (Å²) in [6.45, 7) is 5.19. The largest absolute Gasteiger partial charge is 0.463 e. The first-order chi connectivity index (χ1) is 14.9. The van der Waals surface area contributed by atoms with Crippen LogP contribution in [-0.4, -0.2) is 57.9 Å². The summed E-state index contributed by atoms with van der Waals surface area (Å²) in [7, 11) is 0. The Labute approximate surface area is 190 Å². The minimum Gasteiger partial charge on any atom is -0.463 e. The summed E-state index contributed by atoms with van der Waals surface area (Å²) in [6, 6.07) is 0. The van der Waals surface area contributed by atoms with Gasteiger partial charge in [-0.15, -0.1) is 0 Å². The molecule has 0 bridgehead atoms. The predicted octanol–water partition coefficient (Wildman–Crippen LogP) is 4.91. The lowest BCUT2D eigenvalue weighted by Crippen LogP contribution is -2.45. The van der Waals surface area contributed by atoms with Gasteiger partial charge in [-0.1, -0.05) is 70.4 Å². The smallest absolute Gasteiger partial charge is 0.305 e. The van der Waals surface area contributed by atoms with E-state index in [0.717, 1.165) is 25.7 Å². The van der Waals surface area contributed by atoms with Gasteiger partial charge in [0.15, 0.2) is 0 Å². The van der Waals surface area contributed by atoms with Crippen LogP contribution < -0.4 is 0 Å². The second-order valence-corrected chi connectivity index (χ2v) is 8.63. The third-order valence-corrected chi connectivity index (χ3v) is 5.46. The molecule has 0 aromatic rings. The first-order valence-electron chi connectivity index (χ1n) is 12.5. The van der Waals surface area contributed by atoms with Crippen molar-refractivity contribution in [3.05, 3.63) is 12.2 Å². The van der Waals surface area contributed by atoms with Crippen molar-refractivity contribution in [3.63, 3.8) is 0 Å². The van der Waals surface area contributed by atoms with Crippen LogP contribution in [0.3, 0.4) is 0 Å².